The van der Waals surface area contributed by atoms with E-state index in [9.17, 15) is 0 Å². The lowest BCUT2D eigenvalue weighted by Gasteiger charge is -2.29. The monoisotopic (exact) mass is 219 g/mol. The number of hydrogen-bond donors (Lipinski definition) is 3. The number of dihydropyridines is 1. The van der Waals surface area contributed by atoms with E-state index < -0.39 is 0 Å². The first-order valence-electron chi connectivity index (χ1n) is 6.55. The first-order valence-corrected chi connectivity index (χ1v) is 6.55. The lowest BCUT2D eigenvalue weighted by Crippen LogP contribution is -2.47. The molecule has 16 heavy (non-hydrogen) atoms. The maximum atomic E-state index is 3.69. The summed E-state index contributed by atoms with van der Waals surface area (Å²) in [7, 11) is 0. The molecule has 0 spiro atoms. The SMILES string of the molecule is C1=CC(C2CCCN2)NC(C2CCCN2)=C1. The highest BCUT2D eigenvalue weighted by Crippen LogP contribution is 2.19. The molecule has 3 atom stereocenters. The Balaban J connectivity index is 1.64. The molecule has 3 aliphatic rings. The fourth-order valence-corrected chi connectivity index (χ4v) is 2.99. The molecule has 0 radical (unpaired) electrons. The van der Waals surface area contributed by atoms with Gasteiger partial charge in [-0.05, 0) is 44.8 Å². The Morgan fingerprint density at radius 3 is 2.69 bits per heavy atom. The molecule has 3 heteroatoms. The van der Waals surface area contributed by atoms with Crippen molar-refractivity contribution in [3.63, 3.8) is 0 Å². The van der Waals surface area contributed by atoms with E-state index in [0.717, 1.165) is 0 Å². The van der Waals surface area contributed by atoms with Crippen molar-refractivity contribution in [3.8, 4) is 0 Å². The van der Waals surface area contributed by atoms with Gasteiger partial charge in [-0.3, -0.25) is 0 Å². The Labute approximate surface area is 97.4 Å². The summed E-state index contributed by atoms with van der Waals surface area (Å²) < 4.78 is 0. The summed E-state index contributed by atoms with van der Waals surface area (Å²) in [6, 6.07) is 1.68. The van der Waals surface area contributed by atoms with Gasteiger partial charge >= 0.3 is 0 Å². The predicted octanol–water partition coefficient (Wildman–Crippen LogP) is 0.902. The van der Waals surface area contributed by atoms with Crippen LogP contribution in [0.3, 0.4) is 0 Å². The molecule has 88 valence electrons. The molecule has 0 aromatic rings. The van der Waals surface area contributed by atoms with Gasteiger partial charge in [-0.25, -0.2) is 0 Å². The van der Waals surface area contributed by atoms with Crippen molar-refractivity contribution >= 4 is 0 Å². The number of hydrogen-bond acceptors (Lipinski definition) is 3. The van der Waals surface area contributed by atoms with Crippen molar-refractivity contribution in [2.75, 3.05) is 13.1 Å². The molecule has 3 aliphatic heterocycles. The molecule has 0 bridgehead atoms. The minimum Gasteiger partial charge on any atom is -0.379 e. The van der Waals surface area contributed by atoms with E-state index in [1.807, 2.05) is 0 Å². The molecule has 3 rings (SSSR count). The van der Waals surface area contributed by atoms with Crippen LogP contribution < -0.4 is 16.0 Å². The molecule has 2 fully saturated rings. The smallest absolute Gasteiger partial charge is 0.0598 e. The fraction of sp³-hybridized carbons (Fsp3) is 0.692. The molecule has 0 saturated carbocycles. The van der Waals surface area contributed by atoms with E-state index >= 15 is 0 Å². The predicted molar refractivity (Wildman–Crippen MR) is 66.2 cm³/mol. The quantitative estimate of drug-likeness (QED) is 0.646. The molecule has 3 N–H and O–H groups in total. The first kappa shape index (κ1) is 10.4. The lowest BCUT2D eigenvalue weighted by atomic mass is 10.0. The van der Waals surface area contributed by atoms with Crippen LogP contribution in [0.1, 0.15) is 25.7 Å². The van der Waals surface area contributed by atoms with Gasteiger partial charge in [0.25, 0.3) is 0 Å². The first-order chi connectivity index (χ1) is 7.93. The molecule has 0 aromatic carbocycles. The van der Waals surface area contributed by atoms with Crippen molar-refractivity contribution in [1.29, 1.82) is 0 Å². The Morgan fingerprint density at radius 1 is 1.06 bits per heavy atom. The van der Waals surface area contributed by atoms with Crippen LogP contribution in [0.15, 0.2) is 23.9 Å². The summed E-state index contributed by atoms with van der Waals surface area (Å²) in [5.41, 5.74) is 1.39. The zero-order chi connectivity index (χ0) is 10.8. The molecule has 3 nitrogen and oxygen atoms in total. The van der Waals surface area contributed by atoms with Crippen LogP contribution in [0.5, 0.6) is 0 Å². The van der Waals surface area contributed by atoms with Crippen LogP contribution in [0, 0.1) is 0 Å². The molecule has 0 aliphatic carbocycles. The van der Waals surface area contributed by atoms with Crippen molar-refractivity contribution in [3.05, 3.63) is 23.9 Å². The maximum Gasteiger partial charge on any atom is 0.0598 e. The van der Waals surface area contributed by atoms with Gasteiger partial charge in [-0.1, -0.05) is 12.2 Å². The molecule has 3 heterocycles. The van der Waals surface area contributed by atoms with E-state index in [2.05, 4.69) is 34.2 Å². The standard InChI is InChI=1S/C13H21N3/c1-4-12(10-6-2-8-14-10)16-13(5-1)11-7-3-9-15-11/h1,4-5,10-12,14-16H,2-3,6-9H2. The molecule has 0 amide bonds. The Bertz CT molecular complexity index is 296. The fourth-order valence-electron chi connectivity index (χ4n) is 2.99. The number of nitrogens with one attached hydrogen (secondary N) is 3. The van der Waals surface area contributed by atoms with Gasteiger partial charge in [-0.15, -0.1) is 0 Å². The summed E-state index contributed by atoms with van der Waals surface area (Å²) in [6.07, 6.45) is 11.9. The molecule has 3 unspecified atom stereocenters. The van der Waals surface area contributed by atoms with Gasteiger partial charge < -0.3 is 16.0 Å². The van der Waals surface area contributed by atoms with E-state index in [1.165, 1.54) is 44.5 Å². The van der Waals surface area contributed by atoms with Crippen LogP contribution in [0.4, 0.5) is 0 Å². The van der Waals surface area contributed by atoms with Gasteiger partial charge in [0.2, 0.25) is 0 Å². The average Bonchev–Trinajstić information content (AvgIpc) is 3.03. The van der Waals surface area contributed by atoms with Gasteiger partial charge in [0.05, 0.1) is 6.04 Å². The zero-order valence-corrected chi connectivity index (χ0v) is 9.71. The Hall–Kier alpha value is -0.800. The zero-order valence-electron chi connectivity index (χ0n) is 9.71. The second kappa shape index (κ2) is 4.60. The van der Waals surface area contributed by atoms with Crippen molar-refractivity contribution in [2.24, 2.45) is 0 Å². The highest BCUT2D eigenvalue weighted by Gasteiger charge is 2.27. The summed E-state index contributed by atoms with van der Waals surface area (Å²) in [5, 5.41) is 10.8. The van der Waals surface area contributed by atoms with Crippen molar-refractivity contribution < 1.29 is 0 Å². The van der Waals surface area contributed by atoms with Gasteiger partial charge in [0, 0.05) is 17.8 Å². The van der Waals surface area contributed by atoms with Crippen LogP contribution in [0.2, 0.25) is 0 Å². The van der Waals surface area contributed by atoms with Gasteiger partial charge in [0.15, 0.2) is 0 Å². The molecule has 0 aromatic heterocycles. The molecule has 2 saturated heterocycles. The third-order valence-electron chi connectivity index (χ3n) is 3.90. The van der Waals surface area contributed by atoms with Crippen molar-refractivity contribution in [1.82, 2.24) is 16.0 Å². The van der Waals surface area contributed by atoms with E-state index in [1.54, 1.807) is 0 Å². The summed E-state index contributed by atoms with van der Waals surface area (Å²) >= 11 is 0. The van der Waals surface area contributed by atoms with E-state index in [-0.39, 0.29) is 0 Å². The highest BCUT2D eigenvalue weighted by atomic mass is 15.1. The third-order valence-corrected chi connectivity index (χ3v) is 3.90. The minimum absolute atomic E-state index is 0.491. The number of allylic oxidation sites excluding steroid dienone is 2. The van der Waals surface area contributed by atoms with Crippen molar-refractivity contribution in [2.45, 2.75) is 43.8 Å². The maximum absolute atomic E-state index is 3.69. The molecular formula is C13H21N3. The van der Waals surface area contributed by atoms with E-state index in [0.29, 0.717) is 18.1 Å². The second-order valence-corrected chi connectivity index (χ2v) is 5.03. The third kappa shape index (κ3) is 2.02. The summed E-state index contributed by atoms with van der Waals surface area (Å²) in [4.78, 5) is 0. The van der Waals surface area contributed by atoms with Gasteiger partial charge in [0.1, 0.15) is 0 Å². The largest absolute Gasteiger partial charge is 0.379 e. The highest BCUT2D eigenvalue weighted by molar-refractivity contribution is 5.26. The average molecular weight is 219 g/mol. The number of rotatable bonds is 2. The van der Waals surface area contributed by atoms with Crippen LogP contribution in [-0.4, -0.2) is 31.2 Å². The van der Waals surface area contributed by atoms with Gasteiger partial charge in [-0.2, -0.15) is 0 Å². The van der Waals surface area contributed by atoms with Crippen LogP contribution in [0.25, 0.3) is 0 Å². The normalized spacial score (nSPS) is 38.5. The molecular weight excluding hydrogens is 198 g/mol. The lowest BCUT2D eigenvalue weighted by molar-refractivity contribution is 0.466. The Kier molecular flexibility index (Phi) is 2.98. The van der Waals surface area contributed by atoms with E-state index in [4.69, 9.17) is 0 Å². The van der Waals surface area contributed by atoms with Crippen LogP contribution in [-0.2, 0) is 0 Å². The Morgan fingerprint density at radius 2 is 1.94 bits per heavy atom. The van der Waals surface area contributed by atoms with Crippen LogP contribution >= 0.6 is 0 Å². The minimum atomic E-state index is 0.491. The second-order valence-electron chi connectivity index (χ2n) is 5.03. The summed E-state index contributed by atoms with van der Waals surface area (Å²) in [5.74, 6) is 0. The summed E-state index contributed by atoms with van der Waals surface area (Å²) in [6.45, 7) is 2.34. The topological polar surface area (TPSA) is 36.1 Å².